The van der Waals surface area contributed by atoms with Crippen LogP contribution in [0.15, 0.2) is 47.4 Å². The maximum Gasteiger partial charge on any atom is 0.248 e. The first-order chi connectivity index (χ1) is 19.1. The number of hydrogen-bond acceptors (Lipinski definition) is 5. The molecule has 3 atom stereocenters. The Morgan fingerprint density at radius 2 is 1.77 bits per heavy atom. The van der Waals surface area contributed by atoms with Gasteiger partial charge in [-0.25, -0.2) is 8.70 Å². The lowest BCUT2D eigenvalue weighted by atomic mass is 9.88. The Morgan fingerprint density at radius 3 is 2.35 bits per heavy atom. The van der Waals surface area contributed by atoms with Crippen molar-refractivity contribution in [1.29, 1.82) is 0 Å². The summed E-state index contributed by atoms with van der Waals surface area (Å²) in [6.07, 6.45) is 4.82. The number of nitrogens with zero attached hydrogens (tertiary/aromatic N) is 3. The van der Waals surface area contributed by atoms with Gasteiger partial charge in [-0.15, -0.1) is 0 Å². The van der Waals surface area contributed by atoms with Crippen LogP contribution in [-0.2, 0) is 20.8 Å². The van der Waals surface area contributed by atoms with Crippen LogP contribution in [0.3, 0.4) is 0 Å². The van der Waals surface area contributed by atoms with Crippen molar-refractivity contribution in [3.8, 4) is 0 Å². The van der Waals surface area contributed by atoms with Crippen LogP contribution in [0.1, 0.15) is 51.2 Å². The monoisotopic (exact) mass is 588 g/mol. The van der Waals surface area contributed by atoms with E-state index in [0.717, 1.165) is 17.0 Å². The SMILES string of the molecule is CC1CCC1.Cc1ccc(F)cc1SN1CC(NC=O)C(=O)N2C(Cc3ccc(Cl)cc3)C(=O)N(C(C)C)CC12. The zero-order valence-electron chi connectivity index (χ0n) is 23.5. The molecule has 216 valence electrons. The second kappa shape index (κ2) is 13.4. The summed E-state index contributed by atoms with van der Waals surface area (Å²) in [7, 11) is 0. The molecule has 0 aromatic heterocycles. The van der Waals surface area contributed by atoms with E-state index in [1.807, 2.05) is 37.2 Å². The number of nitrogens with one attached hydrogen (secondary N) is 1. The number of halogens is 2. The van der Waals surface area contributed by atoms with Gasteiger partial charge in [0.2, 0.25) is 18.2 Å². The topological polar surface area (TPSA) is 73.0 Å². The Hall–Kier alpha value is -2.62. The molecule has 3 fully saturated rings. The number of hydrogen-bond donors (Lipinski definition) is 1. The Morgan fingerprint density at radius 1 is 1.10 bits per heavy atom. The highest BCUT2D eigenvalue weighted by molar-refractivity contribution is 7.97. The average molecular weight is 589 g/mol. The minimum Gasteiger partial charge on any atom is -0.346 e. The summed E-state index contributed by atoms with van der Waals surface area (Å²) in [5.41, 5.74) is 1.76. The first-order valence-corrected chi connectivity index (χ1v) is 15.0. The number of carbonyl (C=O) groups excluding carboxylic acids is 3. The number of carbonyl (C=O) groups is 3. The van der Waals surface area contributed by atoms with Crippen LogP contribution in [-0.4, -0.2) is 69.7 Å². The molecule has 2 saturated heterocycles. The van der Waals surface area contributed by atoms with Crippen LogP contribution in [0.2, 0.25) is 5.02 Å². The molecule has 2 aromatic rings. The number of piperazine rings is 1. The average Bonchev–Trinajstić information content (AvgIpc) is 2.90. The highest BCUT2D eigenvalue weighted by Gasteiger charge is 2.51. The first-order valence-electron chi connectivity index (χ1n) is 13.9. The van der Waals surface area contributed by atoms with Crippen LogP contribution in [0, 0.1) is 18.7 Å². The minimum atomic E-state index is -0.823. The van der Waals surface area contributed by atoms with E-state index >= 15 is 0 Å². The highest BCUT2D eigenvalue weighted by Crippen LogP contribution is 2.36. The van der Waals surface area contributed by atoms with Gasteiger partial charge < -0.3 is 15.1 Å². The van der Waals surface area contributed by atoms with Crippen LogP contribution in [0.5, 0.6) is 0 Å². The third-order valence-electron chi connectivity index (χ3n) is 7.83. The third-order valence-corrected chi connectivity index (χ3v) is 9.34. The van der Waals surface area contributed by atoms with Gasteiger partial charge in [0.15, 0.2) is 0 Å². The van der Waals surface area contributed by atoms with Gasteiger partial charge in [0.1, 0.15) is 24.1 Å². The van der Waals surface area contributed by atoms with Gasteiger partial charge in [0.25, 0.3) is 0 Å². The molecular formula is C30H38ClFN4O3S. The molecule has 2 aliphatic heterocycles. The van der Waals surface area contributed by atoms with Crippen LogP contribution in [0.4, 0.5) is 4.39 Å². The van der Waals surface area contributed by atoms with Crippen LogP contribution in [0.25, 0.3) is 0 Å². The van der Waals surface area contributed by atoms with E-state index in [0.29, 0.717) is 29.3 Å². The van der Waals surface area contributed by atoms with Gasteiger partial charge >= 0.3 is 0 Å². The summed E-state index contributed by atoms with van der Waals surface area (Å²) in [5.74, 6) is 0.271. The first kappa shape index (κ1) is 30.3. The Kier molecular flexibility index (Phi) is 10.1. The number of amides is 3. The molecule has 2 aromatic carbocycles. The van der Waals surface area contributed by atoms with Gasteiger partial charge in [-0.3, -0.25) is 14.4 Å². The van der Waals surface area contributed by atoms with Gasteiger partial charge in [0.05, 0.1) is 6.54 Å². The molecule has 0 bridgehead atoms. The number of benzene rings is 2. The zero-order valence-corrected chi connectivity index (χ0v) is 25.1. The van der Waals surface area contributed by atoms with Crippen molar-refractivity contribution in [2.24, 2.45) is 5.92 Å². The molecule has 1 saturated carbocycles. The second-order valence-corrected chi connectivity index (χ2v) is 12.7. The fraction of sp³-hybridized carbons (Fsp3) is 0.500. The number of fused-ring (bicyclic) bond motifs is 1. The fourth-order valence-corrected chi connectivity index (χ4v) is 6.44. The summed E-state index contributed by atoms with van der Waals surface area (Å²) in [6.45, 7) is 8.64. The van der Waals surface area contributed by atoms with E-state index in [4.69, 9.17) is 11.6 Å². The molecule has 10 heteroatoms. The molecule has 7 nitrogen and oxygen atoms in total. The van der Waals surface area contributed by atoms with E-state index in [9.17, 15) is 18.8 Å². The quantitative estimate of drug-likeness (QED) is 0.362. The maximum atomic E-state index is 14.0. The smallest absolute Gasteiger partial charge is 0.248 e. The molecule has 2 heterocycles. The lowest BCUT2D eigenvalue weighted by Crippen LogP contribution is -2.74. The van der Waals surface area contributed by atoms with Gasteiger partial charge in [0, 0.05) is 28.9 Å². The molecule has 1 aliphatic carbocycles. The van der Waals surface area contributed by atoms with E-state index in [1.54, 1.807) is 28.0 Å². The molecular weight excluding hydrogens is 551 g/mol. The van der Waals surface area contributed by atoms with Crippen LogP contribution >= 0.6 is 23.5 Å². The van der Waals surface area contributed by atoms with Gasteiger partial charge in [-0.2, -0.15) is 0 Å². The van der Waals surface area contributed by atoms with Crippen molar-refractivity contribution in [2.75, 3.05) is 13.1 Å². The van der Waals surface area contributed by atoms with E-state index in [-0.39, 0.29) is 30.2 Å². The Labute approximate surface area is 245 Å². The molecule has 40 heavy (non-hydrogen) atoms. The second-order valence-electron chi connectivity index (χ2n) is 11.1. The summed E-state index contributed by atoms with van der Waals surface area (Å²) in [5, 5.41) is 3.19. The van der Waals surface area contributed by atoms with Crippen molar-refractivity contribution in [3.63, 3.8) is 0 Å². The number of rotatable bonds is 7. The lowest BCUT2D eigenvalue weighted by molar-refractivity contribution is -0.168. The molecule has 0 spiro atoms. The normalized spacial score (nSPS) is 23.3. The molecule has 5 rings (SSSR count). The summed E-state index contributed by atoms with van der Waals surface area (Å²) >= 11 is 7.37. The maximum absolute atomic E-state index is 14.0. The highest BCUT2D eigenvalue weighted by atomic mass is 35.5. The summed E-state index contributed by atoms with van der Waals surface area (Å²) in [6, 6.07) is 10.1. The van der Waals surface area contributed by atoms with E-state index in [1.165, 1.54) is 43.3 Å². The summed E-state index contributed by atoms with van der Waals surface area (Å²) in [4.78, 5) is 42.6. The Balaban J connectivity index is 0.000000666. The zero-order chi connectivity index (χ0) is 29.0. The third kappa shape index (κ3) is 6.98. The predicted octanol–water partition coefficient (Wildman–Crippen LogP) is 5.05. The van der Waals surface area contributed by atoms with Gasteiger partial charge in [-0.1, -0.05) is 56.0 Å². The molecule has 3 aliphatic rings. The van der Waals surface area contributed by atoms with Crippen molar-refractivity contribution in [2.45, 2.75) is 82.6 Å². The van der Waals surface area contributed by atoms with Crippen molar-refractivity contribution >= 4 is 41.8 Å². The van der Waals surface area contributed by atoms with Crippen molar-refractivity contribution < 1.29 is 18.8 Å². The van der Waals surface area contributed by atoms with Crippen LogP contribution < -0.4 is 5.32 Å². The Bertz CT molecular complexity index is 1210. The fourth-order valence-electron chi connectivity index (χ4n) is 5.17. The lowest BCUT2D eigenvalue weighted by Gasteiger charge is -2.54. The molecule has 3 unspecified atom stereocenters. The van der Waals surface area contributed by atoms with E-state index < -0.39 is 18.2 Å². The van der Waals surface area contributed by atoms with E-state index in [2.05, 4.69) is 12.2 Å². The van der Waals surface area contributed by atoms with Crippen molar-refractivity contribution in [3.05, 3.63) is 64.4 Å². The molecule has 3 amide bonds. The van der Waals surface area contributed by atoms with Crippen molar-refractivity contribution in [1.82, 2.24) is 19.4 Å². The standard InChI is InChI=1S/C25H28ClFN4O3S.C5H10/c1-15(2)29-13-23-30(35-22-11-19(27)9-4-16(22)3)12-20(28-14-32)24(33)31(23)21(25(29)34)10-17-5-7-18(26)8-6-17;1-5-3-2-4-5/h4-9,11,14-15,20-21,23H,10,12-13H2,1-3H3,(H,28,32);5H,2-4H2,1H3. The predicted molar refractivity (Wildman–Crippen MR) is 156 cm³/mol. The minimum absolute atomic E-state index is 0.0685. The number of aryl methyl sites for hydroxylation is 1. The molecule has 0 radical (unpaired) electrons. The molecule has 1 N–H and O–H groups in total. The summed E-state index contributed by atoms with van der Waals surface area (Å²) < 4.78 is 16.0. The largest absolute Gasteiger partial charge is 0.346 e. The van der Waals surface area contributed by atoms with Gasteiger partial charge in [-0.05, 0) is 74.0 Å².